The molecule has 0 aromatic carbocycles. The van der Waals surface area contributed by atoms with E-state index in [9.17, 15) is 0 Å². The molecule has 1 N–H and O–H groups in total. The molecule has 0 unspecified atom stereocenters. The molecule has 0 radical (unpaired) electrons. The monoisotopic (exact) mass is 186 g/mol. The molecule has 0 aliphatic carbocycles. The van der Waals surface area contributed by atoms with Crippen LogP contribution in [-0.2, 0) is 7.05 Å². The predicted octanol–water partition coefficient (Wildman–Crippen LogP) is 1.49. The Hall–Kier alpha value is -2.02. The van der Waals surface area contributed by atoms with Gasteiger partial charge in [0.05, 0.1) is 11.3 Å². The number of rotatable bonds is 1. The van der Waals surface area contributed by atoms with E-state index < -0.39 is 0 Å². The number of nitriles is 1. The molecule has 0 aliphatic heterocycles. The molecule has 4 nitrogen and oxygen atoms in total. The van der Waals surface area contributed by atoms with Crippen LogP contribution in [0.15, 0.2) is 18.5 Å². The van der Waals surface area contributed by atoms with E-state index in [1.165, 1.54) is 0 Å². The van der Waals surface area contributed by atoms with Gasteiger partial charge in [-0.3, -0.25) is 0 Å². The van der Waals surface area contributed by atoms with Crippen molar-refractivity contribution in [1.82, 2.24) is 9.55 Å². The van der Waals surface area contributed by atoms with Crippen LogP contribution in [0.4, 0.5) is 5.69 Å². The van der Waals surface area contributed by atoms with Crippen LogP contribution in [0, 0.1) is 11.3 Å². The van der Waals surface area contributed by atoms with E-state index in [0.29, 0.717) is 5.56 Å². The topological polar surface area (TPSA) is 53.6 Å². The molecule has 0 saturated carbocycles. The Kier molecular flexibility index (Phi) is 1.86. The number of nitrogens with one attached hydrogen (secondary N) is 1. The molecule has 2 aromatic rings. The van der Waals surface area contributed by atoms with Gasteiger partial charge in [0.1, 0.15) is 11.7 Å². The van der Waals surface area contributed by atoms with Gasteiger partial charge in [0.25, 0.3) is 0 Å². The lowest BCUT2D eigenvalue weighted by atomic mass is 10.2. The fraction of sp³-hybridized carbons (Fsp3) is 0.200. The second kappa shape index (κ2) is 3.04. The molecule has 0 spiro atoms. The molecule has 14 heavy (non-hydrogen) atoms. The normalized spacial score (nSPS) is 10.1. The average molecular weight is 186 g/mol. The third kappa shape index (κ3) is 1.03. The van der Waals surface area contributed by atoms with Crippen molar-refractivity contribution in [2.24, 2.45) is 7.05 Å². The third-order valence-electron chi connectivity index (χ3n) is 2.26. The number of aromatic nitrogens is 2. The highest BCUT2D eigenvalue weighted by Gasteiger charge is 2.08. The highest BCUT2D eigenvalue weighted by molar-refractivity contribution is 5.92. The second-order valence-corrected chi connectivity index (χ2v) is 3.07. The lowest BCUT2D eigenvalue weighted by Gasteiger charge is -2.04. The van der Waals surface area contributed by atoms with E-state index in [2.05, 4.69) is 16.4 Å². The van der Waals surface area contributed by atoms with Crippen molar-refractivity contribution in [1.29, 1.82) is 5.26 Å². The molecule has 0 atom stereocenters. The van der Waals surface area contributed by atoms with Gasteiger partial charge in [-0.2, -0.15) is 5.26 Å². The van der Waals surface area contributed by atoms with Gasteiger partial charge in [0, 0.05) is 31.9 Å². The van der Waals surface area contributed by atoms with Crippen molar-refractivity contribution in [3.63, 3.8) is 0 Å². The second-order valence-electron chi connectivity index (χ2n) is 3.07. The van der Waals surface area contributed by atoms with Gasteiger partial charge in [-0.15, -0.1) is 0 Å². The van der Waals surface area contributed by atoms with Crippen molar-refractivity contribution in [2.45, 2.75) is 0 Å². The number of hydrogen-bond donors (Lipinski definition) is 1. The number of nitrogens with zero attached hydrogens (tertiary/aromatic N) is 3. The highest BCUT2D eigenvalue weighted by Crippen LogP contribution is 2.25. The van der Waals surface area contributed by atoms with Crippen LogP contribution < -0.4 is 5.32 Å². The quantitative estimate of drug-likeness (QED) is 0.734. The smallest absolute Gasteiger partial charge is 0.141 e. The Morgan fingerprint density at radius 1 is 1.57 bits per heavy atom. The molecule has 70 valence electrons. The van der Waals surface area contributed by atoms with Crippen LogP contribution in [-0.4, -0.2) is 16.6 Å². The summed E-state index contributed by atoms with van der Waals surface area (Å²) in [4.78, 5) is 4.22. The third-order valence-corrected chi connectivity index (χ3v) is 2.26. The summed E-state index contributed by atoms with van der Waals surface area (Å²) in [5, 5.41) is 12.9. The van der Waals surface area contributed by atoms with E-state index >= 15 is 0 Å². The van der Waals surface area contributed by atoms with E-state index in [0.717, 1.165) is 16.7 Å². The first kappa shape index (κ1) is 8.57. The number of hydrogen-bond acceptors (Lipinski definition) is 3. The minimum atomic E-state index is 0.575. The minimum Gasteiger partial charge on any atom is -0.386 e. The van der Waals surface area contributed by atoms with E-state index in [1.54, 1.807) is 6.20 Å². The van der Waals surface area contributed by atoms with Gasteiger partial charge in [-0.05, 0) is 6.07 Å². The van der Waals surface area contributed by atoms with Gasteiger partial charge in [0.2, 0.25) is 0 Å². The molecule has 2 heterocycles. The Bertz CT molecular complexity index is 519. The first-order valence-electron chi connectivity index (χ1n) is 4.30. The van der Waals surface area contributed by atoms with E-state index in [-0.39, 0.29) is 0 Å². The summed E-state index contributed by atoms with van der Waals surface area (Å²) in [6, 6.07) is 4.07. The Balaban J connectivity index is 2.86. The van der Waals surface area contributed by atoms with Crippen molar-refractivity contribution in [3.8, 4) is 6.07 Å². The Morgan fingerprint density at radius 2 is 2.36 bits per heavy atom. The number of aryl methyl sites for hydroxylation is 1. The standard InChI is InChI=1S/C10H10N4/c1-12-9-7(5-11)6-13-10-8(9)3-4-14(10)2/h3-4,6H,1-2H3,(H,12,13). The van der Waals surface area contributed by atoms with Crippen LogP contribution >= 0.6 is 0 Å². The molecule has 2 aromatic heterocycles. The summed E-state index contributed by atoms with van der Waals surface area (Å²) in [6.45, 7) is 0. The summed E-state index contributed by atoms with van der Waals surface area (Å²) in [5.74, 6) is 0. The largest absolute Gasteiger partial charge is 0.386 e. The molecular weight excluding hydrogens is 176 g/mol. The van der Waals surface area contributed by atoms with Crippen molar-refractivity contribution in [3.05, 3.63) is 24.0 Å². The summed E-state index contributed by atoms with van der Waals surface area (Å²) >= 11 is 0. The van der Waals surface area contributed by atoms with E-state index in [1.807, 2.05) is 30.9 Å². The Morgan fingerprint density at radius 3 is 3.00 bits per heavy atom. The molecule has 0 aliphatic rings. The van der Waals surface area contributed by atoms with Crippen molar-refractivity contribution < 1.29 is 0 Å². The molecule has 2 rings (SSSR count). The van der Waals surface area contributed by atoms with Crippen LogP contribution in [0.3, 0.4) is 0 Å². The van der Waals surface area contributed by atoms with Gasteiger partial charge in [-0.1, -0.05) is 0 Å². The summed E-state index contributed by atoms with van der Waals surface area (Å²) in [5.41, 5.74) is 2.30. The van der Waals surface area contributed by atoms with Gasteiger partial charge < -0.3 is 9.88 Å². The number of anilines is 1. The molecule has 0 amide bonds. The fourth-order valence-corrected chi connectivity index (χ4v) is 1.57. The first-order chi connectivity index (χ1) is 6.77. The predicted molar refractivity (Wildman–Crippen MR) is 55.0 cm³/mol. The van der Waals surface area contributed by atoms with Crippen LogP contribution in [0.25, 0.3) is 11.0 Å². The van der Waals surface area contributed by atoms with Gasteiger partial charge >= 0.3 is 0 Å². The maximum absolute atomic E-state index is 8.88. The molecule has 0 saturated heterocycles. The fourth-order valence-electron chi connectivity index (χ4n) is 1.57. The van der Waals surface area contributed by atoms with Gasteiger partial charge in [-0.25, -0.2) is 4.98 Å². The van der Waals surface area contributed by atoms with Crippen LogP contribution in [0.2, 0.25) is 0 Å². The van der Waals surface area contributed by atoms with Crippen molar-refractivity contribution >= 4 is 16.7 Å². The average Bonchev–Trinajstić information content (AvgIpc) is 2.59. The minimum absolute atomic E-state index is 0.575. The first-order valence-corrected chi connectivity index (χ1v) is 4.30. The highest BCUT2D eigenvalue weighted by atomic mass is 15.0. The van der Waals surface area contributed by atoms with Crippen molar-refractivity contribution in [2.75, 3.05) is 12.4 Å². The SMILES string of the molecule is CNc1c(C#N)cnc2c1ccn2C. The zero-order valence-electron chi connectivity index (χ0n) is 8.07. The molecular formula is C10H10N4. The lowest BCUT2D eigenvalue weighted by Crippen LogP contribution is -1.96. The summed E-state index contributed by atoms with van der Waals surface area (Å²) in [7, 11) is 3.74. The van der Waals surface area contributed by atoms with E-state index in [4.69, 9.17) is 5.26 Å². The van der Waals surface area contributed by atoms with Crippen LogP contribution in [0.1, 0.15) is 5.56 Å². The van der Waals surface area contributed by atoms with Crippen LogP contribution in [0.5, 0.6) is 0 Å². The lowest BCUT2D eigenvalue weighted by molar-refractivity contribution is 0.948. The van der Waals surface area contributed by atoms with Gasteiger partial charge in [0.15, 0.2) is 0 Å². The molecule has 4 heteroatoms. The number of pyridine rings is 1. The molecule has 0 fully saturated rings. The Labute approximate surface area is 81.8 Å². The zero-order valence-corrected chi connectivity index (χ0v) is 8.07. The maximum Gasteiger partial charge on any atom is 0.141 e. The number of fused-ring (bicyclic) bond motifs is 1. The maximum atomic E-state index is 8.88. The zero-order chi connectivity index (χ0) is 10.1. The summed E-state index contributed by atoms with van der Waals surface area (Å²) in [6.07, 6.45) is 3.52. The summed E-state index contributed by atoms with van der Waals surface area (Å²) < 4.78 is 1.93. The molecule has 0 bridgehead atoms.